The Bertz CT molecular complexity index is 1100. The second-order valence-corrected chi connectivity index (χ2v) is 10.4. The molecule has 1 saturated heterocycles. The van der Waals surface area contributed by atoms with E-state index in [9.17, 15) is 14.7 Å². The Kier molecular flexibility index (Phi) is 6.42. The van der Waals surface area contributed by atoms with Crippen LogP contribution in [0.15, 0.2) is 42.5 Å². The van der Waals surface area contributed by atoms with Crippen molar-refractivity contribution in [2.45, 2.75) is 44.6 Å². The van der Waals surface area contributed by atoms with Crippen molar-refractivity contribution in [1.82, 2.24) is 14.7 Å². The number of rotatable bonds is 7. The van der Waals surface area contributed by atoms with Crippen molar-refractivity contribution in [1.29, 1.82) is 0 Å². The van der Waals surface area contributed by atoms with Crippen LogP contribution in [0.2, 0.25) is 0 Å². The van der Waals surface area contributed by atoms with Gasteiger partial charge in [0.1, 0.15) is 23.2 Å². The standard InChI is InChI=1S/C27H33N3O5/c1-27(2)17-30(14-21(32)13-28-10-9-19-5-3-4-6-20(19)12-28)26(33)24-8-7-22(11-25(24)35-27)34-23-15-29(16-23)18-31/h3-8,11,18,21,23,32H,9-10,12-17H2,1-2H3. The monoisotopic (exact) mass is 479 g/mol. The maximum atomic E-state index is 13.4. The molecular formula is C27H33N3O5. The molecule has 0 radical (unpaired) electrons. The summed E-state index contributed by atoms with van der Waals surface area (Å²) in [6.45, 7) is 7.83. The van der Waals surface area contributed by atoms with Crippen LogP contribution >= 0.6 is 0 Å². The Balaban J connectivity index is 1.25. The highest BCUT2D eigenvalue weighted by Crippen LogP contribution is 2.33. The first-order chi connectivity index (χ1) is 16.8. The van der Waals surface area contributed by atoms with Gasteiger partial charge in [-0.3, -0.25) is 14.5 Å². The van der Waals surface area contributed by atoms with E-state index in [4.69, 9.17) is 9.47 Å². The topological polar surface area (TPSA) is 82.6 Å². The molecule has 0 saturated carbocycles. The Morgan fingerprint density at radius 2 is 1.94 bits per heavy atom. The summed E-state index contributed by atoms with van der Waals surface area (Å²) < 4.78 is 12.2. The second-order valence-electron chi connectivity index (χ2n) is 10.4. The lowest BCUT2D eigenvalue weighted by Gasteiger charge is -2.36. The van der Waals surface area contributed by atoms with Gasteiger partial charge in [0.05, 0.1) is 31.3 Å². The summed E-state index contributed by atoms with van der Waals surface area (Å²) in [5.74, 6) is 0.936. The highest BCUT2D eigenvalue weighted by molar-refractivity contribution is 5.97. The highest BCUT2D eigenvalue weighted by Gasteiger charge is 2.35. The summed E-state index contributed by atoms with van der Waals surface area (Å²) in [6, 6.07) is 13.7. The largest absolute Gasteiger partial charge is 0.487 e. The molecule has 3 aliphatic rings. The van der Waals surface area contributed by atoms with E-state index < -0.39 is 11.7 Å². The number of hydrogen-bond donors (Lipinski definition) is 1. The van der Waals surface area contributed by atoms with Crippen LogP contribution in [0.3, 0.4) is 0 Å². The second kappa shape index (κ2) is 9.51. The van der Waals surface area contributed by atoms with Crippen molar-refractivity contribution in [2.24, 2.45) is 0 Å². The van der Waals surface area contributed by atoms with E-state index in [-0.39, 0.29) is 18.6 Å². The molecule has 1 N–H and O–H groups in total. The summed E-state index contributed by atoms with van der Waals surface area (Å²) in [4.78, 5) is 29.8. The van der Waals surface area contributed by atoms with Gasteiger partial charge in [0.15, 0.2) is 0 Å². The first kappa shape index (κ1) is 23.6. The zero-order valence-electron chi connectivity index (χ0n) is 20.4. The predicted molar refractivity (Wildman–Crippen MR) is 131 cm³/mol. The van der Waals surface area contributed by atoms with Gasteiger partial charge in [0, 0.05) is 32.2 Å². The van der Waals surface area contributed by atoms with Crippen molar-refractivity contribution in [3.05, 3.63) is 59.2 Å². The molecule has 1 unspecified atom stereocenters. The summed E-state index contributed by atoms with van der Waals surface area (Å²) in [5.41, 5.74) is 2.51. The van der Waals surface area contributed by atoms with Gasteiger partial charge in [0.2, 0.25) is 6.41 Å². The van der Waals surface area contributed by atoms with Crippen LogP contribution in [0.25, 0.3) is 0 Å². The Labute approximate surface area is 206 Å². The van der Waals surface area contributed by atoms with Crippen molar-refractivity contribution in [3.63, 3.8) is 0 Å². The number of fused-ring (bicyclic) bond motifs is 2. The maximum absolute atomic E-state index is 13.4. The molecule has 8 nitrogen and oxygen atoms in total. The average Bonchev–Trinajstić information content (AvgIpc) is 2.88. The van der Waals surface area contributed by atoms with Gasteiger partial charge in [0.25, 0.3) is 5.91 Å². The van der Waals surface area contributed by atoms with Crippen LogP contribution in [0.4, 0.5) is 0 Å². The Hall–Kier alpha value is -3.10. The SMILES string of the molecule is CC1(C)CN(CC(O)CN2CCc3ccccc3C2)C(=O)c2ccc(OC3CN(C=O)C3)cc2O1. The molecule has 8 heteroatoms. The maximum Gasteiger partial charge on any atom is 0.257 e. The summed E-state index contributed by atoms with van der Waals surface area (Å²) >= 11 is 0. The van der Waals surface area contributed by atoms with Gasteiger partial charge >= 0.3 is 0 Å². The Morgan fingerprint density at radius 1 is 1.17 bits per heavy atom. The number of carbonyl (C=O) groups excluding carboxylic acids is 2. The molecule has 0 aromatic heterocycles. The van der Waals surface area contributed by atoms with Crippen LogP contribution in [-0.2, 0) is 17.8 Å². The van der Waals surface area contributed by atoms with Crippen LogP contribution in [-0.4, -0.2) is 89.2 Å². The van der Waals surface area contributed by atoms with Crippen molar-refractivity contribution < 1.29 is 24.2 Å². The van der Waals surface area contributed by atoms with Gasteiger partial charge < -0.3 is 24.4 Å². The molecule has 5 rings (SSSR count). The van der Waals surface area contributed by atoms with E-state index in [1.54, 1.807) is 28.0 Å². The lowest BCUT2D eigenvalue weighted by Crippen LogP contribution is -2.52. The van der Waals surface area contributed by atoms with Crippen LogP contribution < -0.4 is 9.47 Å². The number of ether oxygens (including phenoxy) is 2. The van der Waals surface area contributed by atoms with E-state index in [1.165, 1.54) is 11.1 Å². The number of β-amino-alcohol motifs (C(OH)–C–C–N with tert-alkyl or cyclic N) is 1. The minimum absolute atomic E-state index is 0.0545. The first-order valence-corrected chi connectivity index (χ1v) is 12.3. The van der Waals surface area contributed by atoms with E-state index >= 15 is 0 Å². The van der Waals surface area contributed by atoms with Gasteiger partial charge in [-0.25, -0.2) is 0 Å². The van der Waals surface area contributed by atoms with E-state index in [0.717, 1.165) is 25.9 Å². The molecule has 1 fully saturated rings. The molecular weight excluding hydrogens is 446 g/mol. The molecule has 2 amide bonds. The van der Waals surface area contributed by atoms with Gasteiger partial charge in [-0.2, -0.15) is 0 Å². The molecule has 2 aromatic rings. The van der Waals surface area contributed by atoms with Crippen LogP contribution in [0.1, 0.15) is 35.3 Å². The number of nitrogens with zero attached hydrogens (tertiary/aromatic N) is 3. The molecule has 3 aliphatic heterocycles. The zero-order valence-corrected chi connectivity index (χ0v) is 20.4. The fourth-order valence-electron chi connectivity index (χ4n) is 5.16. The third-order valence-corrected chi connectivity index (χ3v) is 6.87. The number of amides is 2. The summed E-state index contributed by atoms with van der Waals surface area (Å²) in [6.07, 6.45) is 1.07. The van der Waals surface area contributed by atoms with E-state index in [2.05, 4.69) is 29.2 Å². The highest BCUT2D eigenvalue weighted by atomic mass is 16.5. The van der Waals surface area contributed by atoms with Gasteiger partial charge in [-0.05, 0) is 43.5 Å². The first-order valence-electron chi connectivity index (χ1n) is 12.3. The quantitative estimate of drug-likeness (QED) is 0.612. The van der Waals surface area contributed by atoms with Crippen LogP contribution in [0, 0.1) is 0 Å². The van der Waals surface area contributed by atoms with E-state index in [1.807, 2.05) is 13.8 Å². The molecule has 2 aromatic carbocycles. The number of benzene rings is 2. The molecule has 0 spiro atoms. The molecule has 0 aliphatic carbocycles. The molecule has 0 bridgehead atoms. The predicted octanol–water partition coefficient (Wildman–Crippen LogP) is 1.94. The normalized spacial score (nSPS) is 20.7. The third-order valence-electron chi connectivity index (χ3n) is 6.87. The molecule has 35 heavy (non-hydrogen) atoms. The fraction of sp³-hybridized carbons (Fsp3) is 0.481. The van der Waals surface area contributed by atoms with E-state index in [0.29, 0.717) is 43.2 Å². The number of aliphatic hydroxyl groups excluding tert-OH is 1. The Morgan fingerprint density at radius 3 is 2.71 bits per heavy atom. The molecule has 3 heterocycles. The van der Waals surface area contributed by atoms with Crippen molar-refractivity contribution in [3.8, 4) is 11.5 Å². The smallest absolute Gasteiger partial charge is 0.257 e. The number of carbonyl (C=O) groups is 2. The number of aliphatic hydroxyl groups is 1. The number of hydrogen-bond acceptors (Lipinski definition) is 6. The van der Waals surface area contributed by atoms with Crippen molar-refractivity contribution >= 4 is 12.3 Å². The summed E-state index contributed by atoms with van der Waals surface area (Å²) in [5, 5.41) is 10.9. The average molecular weight is 480 g/mol. The minimum atomic E-state index is -0.663. The number of likely N-dealkylation sites (tertiary alicyclic amines) is 1. The van der Waals surface area contributed by atoms with Crippen LogP contribution in [0.5, 0.6) is 11.5 Å². The lowest BCUT2D eigenvalue weighted by molar-refractivity contribution is -0.126. The van der Waals surface area contributed by atoms with Crippen molar-refractivity contribution in [2.75, 3.05) is 39.3 Å². The zero-order chi connectivity index (χ0) is 24.6. The minimum Gasteiger partial charge on any atom is -0.487 e. The lowest BCUT2D eigenvalue weighted by atomic mass is 9.99. The van der Waals surface area contributed by atoms with Gasteiger partial charge in [-0.1, -0.05) is 24.3 Å². The molecule has 186 valence electrons. The van der Waals surface area contributed by atoms with Gasteiger partial charge in [-0.15, -0.1) is 0 Å². The fourth-order valence-corrected chi connectivity index (χ4v) is 5.16. The third kappa shape index (κ3) is 5.28. The summed E-state index contributed by atoms with van der Waals surface area (Å²) in [7, 11) is 0. The molecule has 1 atom stereocenters.